The molecule has 44 heavy (non-hydrogen) atoms. The smallest absolute Gasteiger partial charge is 0.407 e. The van der Waals surface area contributed by atoms with Crippen molar-refractivity contribution in [2.24, 2.45) is 5.73 Å². The predicted octanol–water partition coefficient (Wildman–Crippen LogP) is 3.60. The van der Waals surface area contributed by atoms with Crippen molar-refractivity contribution in [3.63, 3.8) is 0 Å². The third kappa shape index (κ3) is 6.20. The van der Waals surface area contributed by atoms with E-state index < -0.39 is 12.1 Å². The first-order valence-electron chi connectivity index (χ1n) is 14.9. The van der Waals surface area contributed by atoms with Crippen molar-refractivity contribution in [1.82, 2.24) is 35.1 Å². The van der Waals surface area contributed by atoms with Gasteiger partial charge < -0.3 is 35.6 Å². The van der Waals surface area contributed by atoms with Crippen molar-refractivity contribution in [3.8, 4) is 33.6 Å². The van der Waals surface area contributed by atoms with Gasteiger partial charge in [0.2, 0.25) is 11.8 Å². The van der Waals surface area contributed by atoms with Crippen LogP contribution in [0.1, 0.15) is 43.4 Å². The number of nitrogens with zero attached hydrogens (tertiary/aromatic N) is 4. The fourth-order valence-corrected chi connectivity index (χ4v) is 5.91. The van der Waals surface area contributed by atoms with Gasteiger partial charge >= 0.3 is 6.09 Å². The van der Waals surface area contributed by atoms with Crippen LogP contribution < -0.4 is 11.1 Å². The molecule has 2 aliphatic rings. The minimum absolute atomic E-state index is 0.0173. The molecule has 12 nitrogen and oxygen atoms in total. The second-order valence-corrected chi connectivity index (χ2v) is 11.2. The summed E-state index contributed by atoms with van der Waals surface area (Å²) in [6.45, 7) is 1.64. The Morgan fingerprint density at radius 1 is 0.909 bits per heavy atom. The zero-order valence-corrected chi connectivity index (χ0v) is 24.6. The van der Waals surface area contributed by atoms with Crippen LogP contribution in [0.25, 0.3) is 33.6 Å². The van der Waals surface area contributed by atoms with Gasteiger partial charge in [-0.1, -0.05) is 48.5 Å². The van der Waals surface area contributed by atoms with Crippen LogP contribution >= 0.6 is 0 Å². The second kappa shape index (κ2) is 12.7. The molecule has 0 saturated carbocycles. The molecular formula is C32H36N8O4. The molecule has 2 aromatic heterocycles. The molecule has 0 spiro atoms. The zero-order chi connectivity index (χ0) is 30.6. The van der Waals surface area contributed by atoms with E-state index in [-0.39, 0.29) is 24.4 Å². The summed E-state index contributed by atoms with van der Waals surface area (Å²) >= 11 is 0. The van der Waals surface area contributed by atoms with Gasteiger partial charge in [0.1, 0.15) is 18.2 Å². The van der Waals surface area contributed by atoms with E-state index in [1.54, 1.807) is 22.2 Å². The number of benzene rings is 2. The van der Waals surface area contributed by atoms with Gasteiger partial charge in [0.05, 0.1) is 49.5 Å². The van der Waals surface area contributed by atoms with E-state index in [4.69, 9.17) is 5.73 Å². The van der Waals surface area contributed by atoms with E-state index in [1.807, 2.05) is 12.1 Å². The van der Waals surface area contributed by atoms with Gasteiger partial charge in [0, 0.05) is 13.1 Å². The lowest BCUT2D eigenvalue weighted by molar-refractivity contribution is -0.135. The third-order valence-electron chi connectivity index (χ3n) is 8.32. The van der Waals surface area contributed by atoms with Crippen LogP contribution in [-0.2, 0) is 20.9 Å². The molecule has 3 amide bonds. The lowest BCUT2D eigenvalue weighted by Crippen LogP contribution is -2.47. The van der Waals surface area contributed by atoms with Crippen molar-refractivity contribution in [2.75, 3.05) is 26.7 Å². The average Bonchev–Trinajstić information content (AvgIpc) is 3.83. The SMILES string of the molecule is COC(=O)NCC(=O)N1CCCC1c1ncc(-c2ccc(-c3ccc(-c4cnc(CN5CCCC(N)C5=O)[nH]4)cc3)cc2)[nH]1. The number of nitrogens with two attached hydrogens (primary N) is 1. The molecule has 6 rings (SSSR count). The van der Waals surface area contributed by atoms with Crippen molar-refractivity contribution in [2.45, 2.75) is 44.3 Å². The molecule has 2 atom stereocenters. The first-order valence-corrected chi connectivity index (χ1v) is 14.9. The first kappa shape index (κ1) is 29.1. The van der Waals surface area contributed by atoms with Crippen LogP contribution in [0.4, 0.5) is 4.79 Å². The Morgan fingerprint density at radius 2 is 1.52 bits per heavy atom. The van der Waals surface area contributed by atoms with Gasteiger partial charge in [0.15, 0.2) is 0 Å². The molecule has 4 aromatic rings. The number of aromatic amines is 2. The van der Waals surface area contributed by atoms with E-state index in [0.29, 0.717) is 19.6 Å². The Balaban J connectivity index is 1.08. The molecule has 2 aliphatic heterocycles. The number of imidazole rings is 2. The molecule has 0 radical (unpaired) electrons. The molecule has 0 aliphatic carbocycles. The maximum absolute atomic E-state index is 12.7. The van der Waals surface area contributed by atoms with Crippen LogP contribution in [0.15, 0.2) is 60.9 Å². The summed E-state index contributed by atoms with van der Waals surface area (Å²) in [7, 11) is 1.27. The lowest BCUT2D eigenvalue weighted by Gasteiger charge is -2.29. The fourth-order valence-electron chi connectivity index (χ4n) is 5.91. The topological polar surface area (TPSA) is 162 Å². The number of piperidine rings is 1. The Bertz CT molecular complexity index is 1630. The number of rotatable bonds is 8. The normalized spacial score (nSPS) is 18.5. The van der Waals surface area contributed by atoms with Gasteiger partial charge in [-0.25, -0.2) is 14.8 Å². The predicted molar refractivity (Wildman–Crippen MR) is 164 cm³/mol. The van der Waals surface area contributed by atoms with Crippen molar-refractivity contribution >= 4 is 17.9 Å². The number of hydrogen-bond acceptors (Lipinski definition) is 7. The Morgan fingerprint density at radius 3 is 2.20 bits per heavy atom. The number of H-pyrrole nitrogens is 2. The number of nitrogens with one attached hydrogen (secondary N) is 3. The number of aromatic nitrogens is 4. The quantitative estimate of drug-likeness (QED) is 0.242. The van der Waals surface area contributed by atoms with Gasteiger partial charge in [-0.05, 0) is 47.9 Å². The summed E-state index contributed by atoms with van der Waals surface area (Å²) < 4.78 is 4.56. The molecule has 0 bridgehead atoms. The number of alkyl carbamates (subject to hydrolysis) is 1. The highest BCUT2D eigenvalue weighted by atomic mass is 16.5. The Kier molecular flexibility index (Phi) is 8.42. The molecule has 2 unspecified atom stereocenters. The van der Waals surface area contributed by atoms with E-state index >= 15 is 0 Å². The highest BCUT2D eigenvalue weighted by Crippen LogP contribution is 2.32. The highest BCUT2D eigenvalue weighted by molar-refractivity contribution is 5.83. The molecule has 2 fully saturated rings. The monoisotopic (exact) mass is 596 g/mol. The standard InChI is InChI=1S/C32H36N8O4/c1-44-32(43)36-18-29(41)40-15-3-5-27(40)30-35-17-26(38-30)23-12-8-21(9-13-23)20-6-10-22(11-7-20)25-16-34-28(37-25)19-39-14-2-4-24(33)31(39)42/h6-13,16-17,24,27H,2-5,14-15,18-19,33H2,1H3,(H,34,37)(H,35,38)(H,36,43). The minimum Gasteiger partial charge on any atom is -0.453 e. The van der Waals surface area contributed by atoms with E-state index in [1.165, 1.54) is 7.11 Å². The van der Waals surface area contributed by atoms with Crippen LogP contribution in [0.5, 0.6) is 0 Å². The number of hydrogen-bond donors (Lipinski definition) is 4. The van der Waals surface area contributed by atoms with Crippen molar-refractivity contribution in [3.05, 3.63) is 72.6 Å². The highest BCUT2D eigenvalue weighted by Gasteiger charge is 2.32. The number of carbonyl (C=O) groups is 3. The number of amides is 3. The Hall–Kier alpha value is -4.97. The summed E-state index contributed by atoms with van der Waals surface area (Å²) in [5.41, 5.74) is 11.9. The average molecular weight is 597 g/mol. The third-order valence-corrected chi connectivity index (χ3v) is 8.32. The molecule has 228 valence electrons. The van der Waals surface area contributed by atoms with Gasteiger partial charge in [-0.2, -0.15) is 0 Å². The minimum atomic E-state index is -0.630. The molecule has 12 heteroatoms. The summed E-state index contributed by atoms with van der Waals surface area (Å²) in [6, 6.07) is 15.9. The van der Waals surface area contributed by atoms with E-state index in [0.717, 1.165) is 71.0 Å². The number of carbonyl (C=O) groups excluding carboxylic acids is 3. The Labute approximate surface area is 255 Å². The largest absolute Gasteiger partial charge is 0.453 e. The van der Waals surface area contributed by atoms with Crippen LogP contribution in [-0.4, -0.2) is 80.4 Å². The number of likely N-dealkylation sites (tertiary alicyclic amines) is 2. The van der Waals surface area contributed by atoms with Crippen LogP contribution in [0, 0.1) is 0 Å². The molecule has 2 saturated heterocycles. The summed E-state index contributed by atoms with van der Waals surface area (Å²) in [5.74, 6) is 1.29. The zero-order valence-electron chi connectivity index (χ0n) is 24.6. The van der Waals surface area contributed by atoms with Crippen molar-refractivity contribution < 1.29 is 19.1 Å². The molecule has 2 aromatic carbocycles. The molecule has 4 heterocycles. The van der Waals surface area contributed by atoms with Gasteiger partial charge in [-0.3, -0.25) is 9.59 Å². The van der Waals surface area contributed by atoms with Gasteiger partial charge in [0.25, 0.3) is 0 Å². The summed E-state index contributed by atoms with van der Waals surface area (Å²) in [5, 5.41) is 2.46. The molecule has 5 N–H and O–H groups in total. The summed E-state index contributed by atoms with van der Waals surface area (Å²) in [6.07, 6.45) is 6.28. The van der Waals surface area contributed by atoms with E-state index in [9.17, 15) is 14.4 Å². The lowest BCUT2D eigenvalue weighted by atomic mass is 10.0. The number of methoxy groups -OCH3 is 1. The van der Waals surface area contributed by atoms with E-state index in [2.05, 4.69) is 66.4 Å². The van der Waals surface area contributed by atoms with Crippen molar-refractivity contribution in [1.29, 1.82) is 0 Å². The van der Waals surface area contributed by atoms with Gasteiger partial charge in [-0.15, -0.1) is 0 Å². The van der Waals surface area contributed by atoms with Crippen LogP contribution in [0.2, 0.25) is 0 Å². The molecular weight excluding hydrogens is 560 g/mol. The summed E-state index contributed by atoms with van der Waals surface area (Å²) in [4.78, 5) is 55.7. The number of ether oxygens (including phenoxy) is 1. The second-order valence-electron chi connectivity index (χ2n) is 11.2. The first-order chi connectivity index (χ1) is 21.4. The van der Waals surface area contributed by atoms with Crippen LogP contribution in [0.3, 0.4) is 0 Å². The maximum Gasteiger partial charge on any atom is 0.407 e. The maximum atomic E-state index is 12.7. The fraction of sp³-hybridized carbons (Fsp3) is 0.344.